The van der Waals surface area contributed by atoms with Gasteiger partial charge < -0.3 is 10.6 Å². The van der Waals surface area contributed by atoms with Crippen molar-refractivity contribution in [3.05, 3.63) is 29.3 Å². The molecule has 2 atom stereocenters. The number of halogens is 2. The Labute approximate surface area is 186 Å². The van der Waals surface area contributed by atoms with E-state index in [1.807, 2.05) is 11.8 Å². The Balaban J connectivity index is 0.00000196. The van der Waals surface area contributed by atoms with E-state index < -0.39 is 0 Å². The molecule has 3 rings (SSSR count). The van der Waals surface area contributed by atoms with Crippen LogP contribution in [0.1, 0.15) is 37.3 Å². The van der Waals surface area contributed by atoms with Gasteiger partial charge in [0.15, 0.2) is 0 Å². The third-order valence-electron chi connectivity index (χ3n) is 5.73. The number of hydrogen-bond donors (Lipinski definition) is 2. The summed E-state index contributed by atoms with van der Waals surface area (Å²) in [7, 11) is 0. The topological polar surface area (TPSA) is 44.4 Å². The predicted octanol–water partition coefficient (Wildman–Crippen LogP) is 4.35. The molecule has 1 aromatic carbocycles. The van der Waals surface area contributed by atoms with Gasteiger partial charge in [-0.05, 0) is 61.9 Å². The van der Waals surface area contributed by atoms with E-state index in [9.17, 15) is 4.79 Å². The average molecular weight is 449 g/mol. The van der Waals surface area contributed by atoms with E-state index in [4.69, 9.17) is 0 Å². The van der Waals surface area contributed by atoms with E-state index >= 15 is 0 Å². The lowest BCUT2D eigenvalue weighted by Gasteiger charge is -2.28. The third kappa shape index (κ3) is 7.75. The SMILES string of the molecule is Cc1ccc(CN2CCSCC2)cc1NC(=O)CC(C)C1CCCNC1.Cl.Cl. The fraction of sp³-hybridized carbons (Fsp3) is 0.667. The lowest BCUT2D eigenvalue weighted by atomic mass is 9.85. The molecule has 2 unspecified atom stereocenters. The number of hydrogen-bond acceptors (Lipinski definition) is 4. The van der Waals surface area contributed by atoms with Crippen molar-refractivity contribution in [2.45, 2.75) is 39.7 Å². The number of carbonyl (C=O) groups is 1. The van der Waals surface area contributed by atoms with Gasteiger partial charge in [-0.25, -0.2) is 0 Å². The first kappa shape index (κ1) is 25.6. The third-order valence-corrected chi connectivity index (χ3v) is 6.68. The van der Waals surface area contributed by atoms with Gasteiger partial charge >= 0.3 is 0 Å². The van der Waals surface area contributed by atoms with Crippen molar-refractivity contribution in [3.63, 3.8) is 0 Å². The van der Waals surface area contributed by atoms with Crippen LogP contribution in [0.25, 0.3) is 0 Å². The van der Waals surface area contributed by atoms with Gasteiger partial charge in [0.1, 0.15) is 0 Å². The zero-order chi connectivity index (χ0) is 18.4. The smallest absolute Gasteiger partial charge is 0.224 e. The summed E-state index contributed by atoms with van der Waals surface area (Å²) < 4.78 is 0. The minimum absolute atomic E-state index is 0. The molecule has 0 saturated carbocycles. The molecule has 0 radical (unpaired) electrons. The molecule has 2 N–H and O–H groups in total. The lowest BCUT2D eigenvalue weighted by molar-refractivity contribution is -0.117. The van der Waals surface area contributed by atoms with Crippen molar-refractivity contribution in [3.8, 4) is 0 Å². The second-order valence-corrected chi connectivity index (χ2v) is 9.10. The Kier molecular flexibility index (Phi) is 11.8. The summed E-state index contributed by atoms with van der Waals surface area (Å²) in [4.78, 5) is 15.1. The van der Waals surface area contributed by atoms with Gasteiger partial charge in [0.2, 0.25) is 5.91 Å². The van der Waals surface area contributed by atoms with Crippen LogP contribution in [0, 0.1) is 18.8 Å². The van der Waals surface area contributed by atoms with E-state index in [2.05, 4.69) is 47.6 Å². The van der Waals surface area contributed by atoms with E-state index in [-0.39, 0.29) is 30.7 Å². The first-order valence-corrected chi connectivity index (χ1v) is 11.2. The molecule has 2 fully saturated rings. The summed E-state index contributed by atoms with van der Waals surface area (Å²) in [5, 5.41) is 6.63. The van der Waals surface area contributed by atoms with E-state index in [0.29, 0.717) is 18.3 Å². The van der Waals surface area contributed by atoms with Gasteiger partial charge in [0.05, 0.1) is 0 Å². The molecular formula is C21H35Cl2N3OS. The Morgan fingerprint density at radius 3 is 2.75 bits per heavy atom. The van der Waals surface area contributed by atoms with Gasteiger partial charge in [-0.15, -0.1) is 24.8 Å². The highest BCUT2D eigenvalue weighted by atomic mass is 35.5. The highest BCUT2D eigenvalue weighted by Crippen LogP contribution is 2.24. The first-order valence-electron chi connectivity index (χ1n) is 10.0. The number of aryl methyl sites for hydroxylation is 1. The molecule has 2 saturated heterocycles. The summed E-state index contributed by atoms with van der Waals surface area (Å²) in [6.45, 7) is 9.77. The Morgan fingerprint density at radius 2 is 2.07 bits per heavy atom. The molecule has 4 nitrogen and oxygen atoms in total. The highest BCUT2D eigenvalue weighted by molar-refractivity contribution is 7.99. The number of piperidine rings is 1. The number of rotatable bonds is 6. The molecule has 2 aliphatic rings. The maximum Gasteiger partial charge on any atom is 0.224 e. The number of carbonyl (C=O) groups excluding carboxylic acids is 1. The van der Waals surface area contributed by atoms with Crippen molar-refractivity contribution >= 4 is 48.2 Å². The summed E-state index contributed by atoms with van der Waals surface area (Å²) in [5.41, 5.74) is 3.42. The zero-order valence-corrected chi connectivity index (χ0v) is 19.5. The van der Waals surface area contributed by atoms with Gasteiger partial charge in [-0.1, -0.05) is 19.1 Å². The molecule has 2 aliphatic heterocycles. The van der Waals surface area contributed by atoms with Crippen LogP contribution in [-0.2, 0) is 11.3 Å². The number of benzene rings is 1. The molecule has 7 heteroatoms. The number of amides is 1. The van der Waals surface area contributed by atoms with Crippen LogP contribution < -0.4 is 10.6 Å². The molecule has 1 aromatic rings. The lowest BCUT2D eigenvalue weighted by Crippen LogP contribution is -2.34. The van der Waals surface area contributed by atoms with Crippen LogP contribution in [0.3, 0.4) is 0 Å². The summed E-state index contributed by atoms with van der Waals surface area (Å²) in [6.07, 6.45) is 3.08. The van der Waals surface area contributed by atoms with Crippen LogP contribution in [0.4, 0.5) is 5.69 Å². The first-order chi connectivity index (χ1) is 12.6. The molecule has 1 amide bonds. The van der Waals surface area contributed by atoms with Crippen LogP contribution >= 0.6 is 36.6 Å². The fourth-order valence-electron chi connectivity index (χ4n) is 3.94. The normalized spacial score (nSPS) is 21.1. The zero-order valence-electron chi connectivity index (χ0n) is 17.0. The molecule has 0 bridgehead atoms. The van der Waals surface area contributed by atoms with E-state index in [0.717, 1.165) is 44.0 Å². The maximum absolute atomic E-state index is 12.6. The van der Waals surface area contributed by atoms with Crippen molar-refractivity contribution in [1.29, 1.82) is 0 Å². The maximum atomic E-state index is 12.6. The standard InChI is InChI=1S/C21H33N3OS.2ClH/c1-16-5-6-18(15-24-8-10-26-11-9-24)13-20(16)23-21(25)12-17(2)19-4-3-7-22-14-19;;/h5-6,13,17,19,22H,3-4,7-12,14-15H2,1-2H3,(H,23,25);2*1H. The predicted molar refractivity (Wildman–Crippen MR) is 126 cm³/mol. The van der Waals surface area contributed by atoms with Crippen molar-refractivity contribution < 1.29 is 4.79 Å². The molecule has 28 heavy (non-hydrogen) atoms. The molecule has 0 aromatic heterocycles. The number of thioether (sulfide) groups is 1. The second kappa shape index (κ2) is 13.0. The van der Waals surface area contributed by atoms with Gasteiger partial charge in [-0.2, -0.15) is 11.8 Å². The van der Waals surface area contributed by atoms with Crippen LogP contribution in [0.5, 0.6) is 0 Å². The summed E-state index contributed by atoms with van der Waals surface area (Å²) in [5.74, 6) is 3.65. The number of anilines is 1. The van der Waals surface area contributed by atoms with Crippen LogP contribution in [0.15, 0.2) is 18.2 Å². The molecule has 2 heterocycles. The van der Waals surface area contributed by atoms with Gasteiger partial charge in [0, 0.05) is 43.2 Å². The van der Waals surface area contributed by atoms with Crippen molar-refractivity contribution in [2.24, 2.45) is 11.8 Å². The molecular weight excluding hydrogens is 413 g/mol. The van der Waals surface area contributed by atoms with Crippen molar-refractivity contribution in [2.75, 3.05) is 43.0 Å². The van der Waals surface area contributed by atoms with Crippen molar-refractivity contribution in [1.82, 2.24) is 10.2 Å². The summed E-state index contributed by atoms with van der Waals surface area (Å²) >= 11 is 2.04. The largest absolute Gasteiger partial charge is 0.326 e. The molecule has 0 spiro atoms. The van der Waals surface area contributed by atoms with E-state index in [1.165, 1.54) is 29.9 Å². The summed E-state index contributed by atoms with van der Waals surface area (Å²) in [6, 6.07) is 6.50. The van der Waals surface area contributed by atoms with Crippen LogP contribution in [-0.4, -0.2) is 48.5 Å². The fourth-order valence-corrected chi connectivity index (χ4v) is 4.92. The molecule has 160 valence electrons. The minimum atomic E-state index is 0. The number of nitrogens with one attached hydrogen (secondary N) is 2. The van der Waals surface area contributed by atoms with Crippen LogP contribution in [0.2, 0.25) is 0 Å². The minimum Gasteiger partial charge on any atom is -0.326 e. The Morgan fingerprint density at radius 1 is 1.32 bits per heavy atom. The average Bonchev–Trinajstić information content (AvgIpc) is 2.66. The van der Waals surface area contributed by atoms with Gasteiger partial charge in [0.25, 0.3) is 0 Å². The second-order valence-electron chi connectivity index (χ2n) is 7.87. The Hall–Kier alpha value is -0.460. The van der Waals surface area contributed by atoms with E-state index in [1.54, 1.807) is 0 Å². The Bertz CT molecular complexity index is 605. The highest BCUT2D eigenvalue weighted by Gasteiger charge is 2.22. The monoisotopic (exact) mass is 447 g/mol. The quantitative estimate of drug-likeness (QED) is 0.679. The molecule has 0 aliphatic carbocycles. The number of nitrogens with zero attached hydrogens (tertiary/aromatic N) is 1. The van der Waals surface area contributed by atoms with Gasteiger partial charge in [-0.3, -0.25) is 9.69 Å².